The fourth-order valence-corrected chi connectivity index (χ4v) is 6.57. The van der Waals surface area contributed by atoms with Gasteiger partial charge in [-0.05, 0) is 68.3 Å². The summed E-state index contributed by atoms with van der Waals surface area (Å²) in [5, 5.41) is 12.7. The van der Waals surface area contributed by atoms with Crippen LogP contribution in [-0.2, 0) is 21.2 Å². The van der Waals surface area contributed by atoms with Crippen molar-refractivity contribution < 1.29 is 26.9 Å². The summed E-state index contributed by atoms with van der Waals surface area (Å²) in [5.41, 5.74) is 2.13. The van der Waals surface area contributed by atoms with Crippen LogP contribution < -0.4 is 20.1 Å². The number of rotatable bonds is 9. The van der Waals surface area contributed by atoms with Gasteiger partial charge in [-0.25, -0.2) is 12.8 Å². The molecule has 4 rings (SSSR count). The first-order valence-corrected chi connectivity index (χ1v) is 17.9. The van der Waals surface area contributed by atoms with Crippen LogP contribution in [0.25, 0.3) is 11.3 Å². The van der Waals surface area contributed by atoms with Crippen LogP contribution in [0.15, 0.2) is 54.7 Å². The molecule has 42 heavy (non-hydrogen) atoms. The van der Waals surface area contributed by atoms with Crippen molar-refractivity contribution in [2.24, 2.45) is 0 Å². The average Bonchev–Trinajstić information content (AvgIpc) is 3.26. The predicted molar refractivity (Wildman–Crippen MR) is 165 cm³/mol. The van der Waals surface area contributed by atoms with Crippen molar-refractivity contribution in [2.45, 2.75) is 13.5 Å². The molecular weight excluding hydrogens is 622 g/mol. The second kappa shape index (κ2) is 12.2. The van der Waals surface area contributed by atoms with E-state index < -0.39 is 28.9 Å². The number of sulfonamides is 1. The molecule has 2 heterocycles. The standard InChI is InChI=1S/C28H25ClFN4O5PS2/c1-16-24(12-26(41-16)28(35)33-21-8-19(29)9-22(11-21)34-42(4,37)38)27-25(7-18(13-31)14-32-27)39-15-17-5-20(30)10-23(6-17)40(2,3)36/h5-12,14,34H,15H2,1-4H3,(H,33,35). The molecule has 0 bridgehead atoms. The fourth-order valence-electron chi connectivity index (χ4n) is 3.96. The quantitative estimate of drug-likeness (QED) is 0.206. The third-order valence-electron chi connectivity index (χ3n) is 5.80. The number of aryl methyl sites for hydroxylation is 1. The second-order valence-electron chi connectivity index (χ2n) is 9.78. The zero-order chi connectivity index (χ0) is 30.8. The summed E-state index contributed by atoms with van der Waals surface area (Å²) in [6.45, 7) is 4.82. The van der Waals surface area contributed by atoms with Gasteiger partial charge >= 0.3 is 0 Å². The number of ether oxygens (including phenoxy) is 1. The van der Waals surface area contributed by atoms with Gasteiger partial charge in [0, 0.05) is 38.7 Å². The maximum Gasteiger partial charge on any atom is 0.265 e. The van der Waals surface area contributed by atoms with Gasteiger partial charge in [-0.1, -0.05) is 11.6 Å². The topological polar surface area (TPSA) is 138 Å². The number of nitrogens with one attached hydrogen (secondary N) is 2. The molecule has 218 valence electrons. The van der Waals surface area contributed by atoms with Crippen LogP contribution >= 0.6 is 30.1 Å². The van der Waals surface area contributed by atoms with E-state index in [-0.39, 0.29) is 34.3 Å². The van der Waals surface area contributed by atoms with E-state index in [0.717, 1.165) is 11.1 Å². The number of nitriles is 1. The molecule has 0 aliphatic heterocycles. The number of benzene rings is 2. The first-order valence-electron chi connectivity index (χ1n) is 12.2. The lowest BCUT2D eigenvalue weighted by Crippen LogP contribution is -2.12. The van der Waals surface area contributed by atoms with Crippen LogP contribution in [0.3, 0.4) is 0 Å². The Bertz CT molecular complexity index is 1900. The number of hydrogen-bond donors (Lipinski definition) is 2. The molecule has 2 aromatic carbocycles. The van der Waals surface area contributed by atoms with Crippen LogP contribution in [0.5, 0.6) is 5.75 Å². The zero-order valence-corrected chi connectivity index (χ0v) is 26.1. The summed E-state index contributed by atoms with van der Waals surface area (Å²) in [6, 6.07) is 13.6. The Kier molecular flexibility index (Phi) is 9.09. The van der Waals surface area contributed by atoms with E-state index in [0.29, 0.717) is 27.0 Å². The fraction of sp³-hybridized carbons (Fsp3) is 0.179. The number of carbonyl (C=O) groups excluding carboxylic acids is 1. The van der Waals surface area contributed by atoms with Crippen molar-refractivity contribution >= 4 is 62.7 Å². The highest BCUT2D eigenvalue weighted by Gasteiger charge is 2.20. The summed E-state index contributed by atoms with van der Waals surface area (Å²) in [6.07, 6.45) is 2.38. The van der Waals surface area contributed by atoms with Crippen LogP contribution in [-0.4, -0.2) is 38.9 Å². The Labute approximate surface area is 251 Å². The number of hydrogen-bond acceptors (Lipinski definition) is 8. The van der Waals surface area contributed by atoms with Crippen LogP contribution in [0, 0.1) is 24.1 Å². The lowest BCUT2D eigenvalue weighted by Gasteiger charge is -2.13. The number of thiophene rings is 1. The number of pyridine rings is 1. The number of anilines is 2. The molecule has 0 saturated heterocycles. The minimum absolute atomic E-state index is 0.0799. The second-order valence-corrected chi connectivity index (χ2v) is 16.4. The summed E-state index contributed by atoms with van der Waals surface area (Å²) in [4.78, 5) is 18.6. The first kappa shape index (κ1) is 31.2. The molecule has 0 aliphatic rings. The third-order valence-corrected chi connectivity index (χ3v) is 9.17. The Morgan fingerprint density at radius 2 is 1.86 bits per heavy atom. The molecule has 14 heteroatoms. The smallest absolute Gasteiger partial charge is 0.265 e. The Morgan fingerprint density at radius 1 is 1.14 bits per heavy atom. The van der Waals surface area contributed by atoms with Gasteiger partial charge in [-0.3, -0.25) is 14.5 Å². The van der Waals surface area contributed by atoms with Crippen LogP contribution in [0.2, 0.25) is 5.02 Å². The Hall–Kier alpha value is -3.75. The number of nitrogens with zero attached hydrogens (tertiary/aromatic N) is 2. The van der Waals surface area contributed by atoms with Crippen molar-refractivity contribution in [3.8, 4) is 23.1 Å². The Morgan fingerprint density at radius 3 is 2.52 bits per heavy atom. The zero-order valence-electron chi connectivity index (χ0n) is 22.9. The molecule has 2 N–H and O–H groups in total. The van der Waals surface area contributed by atoms with Gasteiger partial charge in [0.15, 0.2) is 0 Å². The molecule has 0 saturated carbocycles. The summed E-state index contributed by atoms with van der Waals surface area (Å²) in [5.74, 6) is -0.758. The summed E-state index contributed by atoms with van der Waals surface area (Å²) < 4.78 is 58.3. The predicted octanol–water partition coefficient (Wildman–Crippen LogP) is 6.23. The molecule has 2 aromatic heterocycles. The normalized spacial score (nSPS) is 11.5. The molecule has 1 amide bonds. The largest absolute Gasteiger partial charge is 0.487 e. The molecular formula is C28H25ClFN4O5PS2. The van der Waals surface area contributed by atoms with Gasteiger partial charge in [0.2, 0.25) is 10.0 Å². The van der Waals surface area contributed by atoms with Crippen LogP contribution in [0.4, 0.5) is 15.8 Å². The number of amides is 1. The maximum absolute atomic E-state index is 14.2. The van der Waals surface area contributed by atoms with Crippen molar-refractivity contribution in [3.05, 3.63) is 86.4 Å². The van der Waals surface area contributed by atoms with Gasteiger partial charge in [-0.15, -0.1) is 11.3 Å². The molecule has 0 aliphatic carbocycles. The molecule has 9 nitrogen and oxygen atoms in total. The SMILES string of the molecule is Cc1sc(C(=O)Nc2cc(Cl)cc(NS(C)(=O)=O)c2)cc1-c1ncc(C#N)cc1OCc1cc(F)cc(P(C)(C)=O)c1. The van der Waals surface area contributed by atoms with E-state index in [2.05, 4.69) is 15.0 Å². The van der Waals surface area contributed by atoms with E-state index in [1.807, 2.05) is 6.07 Å². The van der Waals surface area contributed by atoms with Gasteiger partial charge in [0.25, 0.3) is 5.91 Å². The van der Waals surface area contributed by atoms with E-state index in [1.165, 1.54) is 53.9 Å². The summed E-state index contributed by atoms with van der Waals surface area (Å²) >= 11 is 7.31. The average molecular weight is 647 g/mol. The molecule has 0 fully saturated rings. The highest BCUT2D eigenvalue weighted by atomic mass is 35.5. The van der Waals surface area contributed by atoms with Crippen LogP contribution in [0.1, 0.15) is 25.7 Å². The molecule has 0 atom stereocenters. The van der Waals surface area contributed by atoms with Gasteiger partial charge in [0.1, 0.15) is 37.1 Å². The first-order chi connectivity index (χ1) is 19.6. The van der Waals surface area contributed by atoms with Crippen molar-refractivity contribution in [3.63, 3.8) is 0 Å². The lowest BCUT2D eigenvalue weighted by molar-refractivity contribution is 0.103. The lowest BCUT2D eigenvalue weighted by atomic mass is 10.1. The van der Waals surface area contributed by atoms with Gasteiger partial charge in [-0.2, -0.15) is 5.26 Å². The van der Waals surface area contributed by atoms with Crippen molar-refractivity contribution in [1.29, 1.82) is 5.26 Å². The summed E-state index contributed by atoms with van der Waals surface area (Å²) in [7, 11) is -6.27. The van der Waals surface area contributed by atoms with Crippen molar-refractivity contribution in [2.75, 3.05) is 29.6 Å². The van der Waals surface area contributed by atoms with Gasteiger partial charge in [0.05, 0.1) is 22.4 Å². The molecule has 4 aromatic rings. The van der Waals surface area contributed by atoms with E-state index in [1.54, 1.807) is 32.4 Å². The van der Waals surface area contributed by atoms with E-state index >= 15 is 0 Å². The van der Waals surface area contributed by atoms with Gasteiger partial charge < -0.3 is 14.6 Å². The van der Waals surface area contributed by atoms with E-state index in [9.17, 15) is 27.4 Å². The Balaban J connectivity index is 1.62. The molecule has 0 radical (unpaired) electrons. The third kappa shape index (κ3) is 7.95. The van der Waals surface area contributed by atoms with E-state index in [4.69, 9.17) is 16.3 Å². The maximum atomic E-state index is 14.2. The monoisotopic (exact) mass is 646 g/mol. The van der Waals surface area contributed by atoms with Crippen molar-refractivity contribution in [1.82, 2.24) is 4.98 Å². The number of halogens is 2. The molecule has 0 unspecified atom stereocenters. The molecule has 0 spiro atoms. The number of aromatic nitrogens is 1. The highest BCUT2D eigenvalue weighted by molar-refractivity contribution is 7.92. The highest BCUT2D eigenvalue weighted by Crippen LogP contribution is 2.37. The number of carbonyl (C=O) groups is 1. The minimum atomic E-state index is -3.56. The minimum Gasteiger partial charge on any atom is -0.487 e.